The molecule has 1 aromatic rings. The lowest BCUT2D eigenvalue weighted by Crippen LogP contribution is -2.33. The second-order valence-corrected chi connectivity index (χ2v) is 5.24. The molecule has 0 atom stereocenters. The van der Waals surface area contributed by atoms with Crippen molar-refractivity contribution in [1.82, 2.24) is 10.3 Å². The Morgan fingerprint density at radius 1 is 1.47 bits per heavy atom. The first-order chi connectivity index (χ1) is 8.20. The molecule has 0 spiro atoms. The number of pyridine rings is 1. The summed E-state index contributed by atoms with van der Waals surface area (Å²) in [4.78, 5) is 6.79. The van der Waals surface area contributed by atoms with E-state index in [1.807, 2.05) is 7.05 Å². The largest absolute Gasteiger partial charge is 0.357 e. The summed E-state index contributed by atoms with van der Waals surface area (Å²) in [5, 5.41) is 3.88. The molecule has 1 aliphatic heterocycles. The normalized spacial score (nSPS) is 17.5. The number of rotatable bonds is 3. The van der Waals surface area contributed by atoms with Crippen LogP contribution < -0.4 is 10.2 Å². The highest BCUT2D eigenvalue weighted by Gasteiger charge is 2.17. The zero-order chi connectivity index (χ0) is 12.3. The first-order valence-electron chi connectivity index (χ1n) is 6.24. The van der Waals surface area contributed by atoms with Gasteiger partial charge < -0.3 is 10.2 Å². The van der Waals surface area contributed by atoms with E-state index < -0.39 is 0 Å². The summed E-state index contributed by atoms with van der Waals surface area (Å²) in [6.45, 7) is 5.32. The molecule has 3 nitrogen and oxygen atoms in total. The summed E-state index contributed by atoms with van der Waals surface area (Å²) in [7, 11) is 1.93. The minimum atomic E-state index is 0.744. The number of nitrogens with zero attached hydrogens (tertiary/aromatic N) is 2. The molecule has 0 aromatic carbocycles. The van der Waals surface area contributed by atoms with Gasteiger partial charge in [-0.15, -0.1) is 0 Å². The predicted octanol–water partition coefficient (Wildman–Crippen LogP) is 2.69. The van der Waals surface area contributed by atoms with Crippen LogP contribution in [0.25, 0.3) is 0 Å². The fraction of sp³-hybridized carbons (Fsp3) is 0.615. The van der Waals surface area contributed by atoms with Crippen LogP contribution in [0, 0.1) is 5.92 Å². The lowest BCUT2D eigenvalue weighted by atomic mass is 9.99. The van der Waals surface area contributed by atoms with E-state index in [0.29, 0.717) is 0 Å². The van der Waals surface area contributed by atoms with Crippen molar-refractivity contribution < 1.29 is 0 Å². The minimum Gasteiger partial charge on any atom is -0.357 e. The van der Waals surface area contributed by atoms with Crippen LogP contribution in [0.3, 0.4) is 0 Å². The van der Waals surface area contributed by atoms with Crippen molar-refractivity contribution >= 4 is 17.4 Å². The van der Waals surface area contributed by atoms with Gasteiger partial charge in [0, 0.05) is 25.8 Å². The van der Waals surface area contributed by atoms with Crippen LogP contribution in [0.15, 0.2) is 12.3 Å². The van der Waals surface area contributed by atoms with Gasteiger partial charge in [-0.3, -0.25) is 0 Å². The summed E-state index contributed by atoms with van der Waals surface area (Å²) < 4.78 is 0. The van der Waals surface area contributed by atoms with Crippen LogP contribution in [-0.4, -0.2) is 25.1 Å². The van der Waals surface area contributed by atoms with E-state index in [-0.39, 0.29) is 0 Å². The number of hydrogen-bond acceptors (Lipinski definition) is 3. The molecule has 0 amide bonds. The number of anilines is 1. The van der Waals surface area contributed by atoms with Gasteiger partial charge in [0.05, 0.1) is 5.02 Å². The second-order valence-electron chi connectivity index (χ2n) is 4.83. The lowest BCUT2D eigenvalue weighted by molar-refractivity contribution is 0.436. The molecule has 2 heterocycles. The Balaban J connectivity index is 2.12. The standard InChI is InChI=1S/C13H20ClN3/c1-10-3-5-17(6-4-10)13-7-11(8-15-2)12(14)9-16-13/h7,9-10,15H,3-6,8H2,1-2H3. The van der Waals surface area contributed by atoms with Gasteiger partial charge in [-0.1, -0.05) is 18.5 Å². The van der Waals surface area contributed by atoms with E-state index >= 15 is 0 Å². The molecule has 1 fully saturated rings. The topological polar surface area (TPSA) is 28.2 Å². The minimum absolute atomic E-state index is 0.744. The molecule has 1 aliphatic rings. The van der Waals surface area contributed by atoms with Crippen molar-refractivity contribution in [2.75, 3.05) is 25.0 Å². The number of piperidine rings is 1. The van der Waals surface area contributed by atoms with E-state index in [0.717, 1.165) is 42.0 Å². The second kappa shape index (κ2) is 5.69. The SMILES string of the molecule is CNCc1cc(N2CCC(C)CC2)ncc1Cl. The Morgan fingerprint density at radius 2 is 2.18 bits per heavy atom. The maximum Gasteiger partial charge on any atom is 0.128 e. The maximum absolute atomic E-state index is 6.12. The molecular weight excluding hydrogens is 234 g/mol. The number of nitrogens with one attached hydrogen (secondary N) is 1. The van der Waals surface area contributed by atoms with Crippen molar-refractivity contribution in [1.29, 1.82) is 0 Å². The van der Waals surface area contributed by atoms with E-state index in [9.17, 15) is 0 Å². The van der Waals surface area contributed by atoms with Crippen molar-refractivity contribution in [3.8, 4) is 0 Å². The van der Waals surface area contributed by atoms with Crippen molar-refractivity contribution in [3.05, 3.63) is 22.8 Å². The van der Waals surface area contributed by atoms with Gasteiger partial charge in [-0.2, -0.15) is 0 Å². The Hall–Kier alpha value is -0.800. The molecule has 0 saturated carbocycles. The molecule has 1 N–H and O–H groups in total. The summed E-state index contributed by atoms with van der Waals surface area (Å²) in [6, 6.07) is 2.11. The van der Waals surface area contributed by atoms with Gasteiger partial charge in [0.25, 0.3) is 0 Å². The van der Waals surface area contributed by atoms with Crippen LogP contribution in [0.4, 0.5) is 5.82 Å². The Kier molecular flexibility index (Phi) is 4.24. The van der Waals surface area contributed by atoms with Crippen LogP contribution >= 0.6 is 11.6 Å². The van der Waals surface area contributed by atoms with Crippen LogP contribution in [0.5, 0.6) is 0 Å². The van der Waals surface area contributed by atoms with Gasteiger partial charge in [-0.25, -0.2) is 4.98 Å². The lowest BCUT2D eigenvalue weighted by Gasteiger charge is -2.31. The smallest absolute Gasteiger partial charge is 0.128 e. The molecular formula is C13H20ClN3. The van der Waals surface area contributed by atoms with Gasteiger partial charge in [0.2, 0.25) is 0 Å². The fourth-order valence-electron chi connectivity index (χ4n) is 2.20. The van der Waals surface area contributed by atoms with Crippen molar-refractivity contribution in [2.24, 2.45) is 5.92 Å². The van der Waals surface area contributed by atoms with Gasteiger partial charge in [0.1, 0.15) is 5.82 Å². The average Bonchev–Trinajstić information content (AvgIpc) is 2.33. The van der Waals surface area contributed by atoms with E-state index in [1.54, 1.807) is 6.20 Å². The maximum atomic E-state index is 6.12. The molecule has 1 aromatic heterocycles. The van der Waals surface area contributed by atoms with E-state index in [1.165, 1.54) is 12.8 Å². The zero-order valence-electron chi connectivity index (χ0n) is 10.5. The van der Waals surface area contributed by atoms with Gasteiger partial charge in [0.15, 0.2) is 0 Å². The van der Waals surface area contributed by atoms with Crippen molar-refractivity contribution in [2.45, 2.75) is 26.3 Å². The molecule has 0 unspecified atom stereocenters. The summed E-state index contributed by atoms with van der Waals surface area (Å²) in [6.07, 6.45) is 4.28. The molecule has 1 saturated heterocycles. The molecule has 0 bridgehead atoms. The summed E-state index contributed by atoms with van der Waals surface area (Å²) in [5.41, 5.74) is 1.12. The summed E-state index contributed by atoms with van der Waals surface area (Å²) in [5.74, 6) is 1.90. The first kappa shape index (κ1) is 12.7. The number of hydrogen-bond donors (Lipinski definition) is 1. The highest BCUT2D eigenvalue weighted by molar-refractivity contribution is 6.31. The molecule has 2 rings (SSSR count). The molecule has 0 radical (unpaired) electrons. The Labute approximate surface area is 108 Å². The number of halogens is 1. The van der Waals surface area contributed by atoms with E-state index in [4.69, 9.17) is 11.6 Å². The Bertz CT molecular complexity index is 373. The highest BCUT2D eigenvalue weighted by Crippen LogP contribution is 2.24. The van der Waals surface area contributed by atoms with Crippen LogP contribution in [-0.2, 0) is 6.54 Å². The zero-order valence-corrected chi connectivity index (χ0v) is 11.3. The third kappa shape index (κ3) is 3.11. The predicted molar refractivity (Wildman–Crippen MR) is 72.6 cm³/mol. The average molecular weight is 254 g/mol. The third-order valence-corrected chi connectivity index (χ3v) is 3.74. The van der Waals surface area contributed by atoms with Gasteiger partial charge >= 0.3 is 0 Å². The molecule has 17 heavy (non-hydrogen) atoms. The quantitative estimate of drug-likeness (QED) is 0.898. The van der Waals surface area contributed by atoms with Crippen molar-refractivity contribution in [3.63, 3.8) is 0 Å². The Morgan fingerprint density at radius 3 is 2.82 bits per heavy atom. The molecule has 0 aliphatic carbocycles. The fourth-order valence-corrected chi connectivity index (χ4v) is 2.37. The first-order valence-corrected chi connectivity index (χ1v) is 6.62. The highest BCUT2D eigenvalue weighted by atomic mass is 35.5. The third-order valence-electron chi connectivity index (χ3n) is 3.40. The van der Waals surface area contributed by atoms with Crippen LogP contribution in [0.2, 0.25) is 5.02 Å². The molecule has 4 heteroatoms. The monoisotopic (exact) mass is 253 g/mol. The summed E-state index contributed by atoms with van der Waals surface area (Å²) >= 11 is 6.12. The van der Waals surface area contributed by atoms with E-state index in [2.05, 4.69) is 28.2 Å². The number of aromatic nitrogens is 1. The van der Waals surface area contributed by atoms with Crippen LogP contribution in [0.1, 0.15) is 25.3 Å². The molecule has 94 valence electrons. The van der Waals surface area contributed by atoms with Gasteiger partial charge in [-0.05, 0) is 37.4 Å².